The molecule has 0 amide bonds. The molecule has 0 bridgehead atoms. The van der Waals surface area contributed by atoms with Gasteiger partial charge in [-0.25, -0.2) is 0 Å². The minimum Gasteiger partial charge on any atom is -0.481 e. The number of carboxylic acid groups (broad SMARTS) is 1. The average molecular weight is 225 g/mol. The van der Waals surface area contributed by atoms with Gasteiger partial charge in [-0.3, -0.25) is 9.69 Å². The standard InChI is InChI=1S/C13H23NO2/c1-8(2)10-4-12(5-10)14-6-11(7-14)9(3)13(15)16/h8-12H,4-7H2,1-3H3,(H,15,16). The molecule has 0 aromatic carbocycles. The fraction of sp³-hybridized carbons (Fsp3) is 0.923. The molecule has 16 heavy (non-hydrogen) atoms. The lowest BCUT2D eigenvalue weighted by Gasteiger charge is -2.52. The Morgan fingerprint density at radius 1 is 1.19 bits per heavy atom. The molecule has 2 rings (SSSR count). The third-order valence-electron chi connectivity index (χ3n) is 4.64. The lowest BCUT2D eigenvalue weighted by atomic mass is 9.71. The van der Waals surface area contributed by atoms with E-state index in [2.05, 4.69) is 18.7 Å². The van der Waals surface area contributed by atoms with Gasteiger partial charge < -0.3 is 5.11 Å². The van der Waals surface area contributed by atoms with Crippen LogP contribution in [0.25, 0.3) is 0 Å². The third-order valence-corrected chi connectivity index (χ3v) is 4.64. The van der Waals surface area contributed by atoms with Gasteiger partial charge in [0.1, 0.15) is 0 Å². The van der Waals surface area contributed by atoms with Crippen LogP contribution in [-0.4, -0.2) is 35.1 Å². The van der Waals surface area contributed by atoms with Gasteiger partial charge in [-0.05, 0) is 30.6 Å². The summed E-state index contributed by atoms with van der Waals surface area (Å²) in [5, 5.41) is 8.91. The second-order valence-corrected chi connectivity index (χ2v) is 5.97. The molecule has 0 aromatic rings. The van der Waals surface area contributed by atoms with Gasteiger partial charge in [0, 0.05) is 19.1 Å². The van der Waals surface area contributed by atoms with E-state index in [0.29, 0.717) is 5.92 Å². The molecule has 1 aliphatic heterocycles. The highest BCUT2D eigenvalue weighted by molar-refractivity contribution is 5.70. The van der Waals surface area contributed by atoms with Gasteiger partial charge in [0.25, 0.3) is 0 Å². The predicted molar refractivity (Wildman–Crippen MR) is 63.2 cm³/mol. The Labute approximate surface area is 97.8 Å². The molecular weight excluding hydrogens is 202 g/mol. The van der Waals surface area contributed by atoms with E-state index in [1.54, 1.807) is 0 Å². The zero-order chi connectivity index (χ0) is 11.9. The summed E-state index contributed by atoms with van der Waals surface area (Å²) in [6.45, 7) is 8.44. The molecule has 3 heteroatoms. The Balaban J connectivity index is 1.69. The zero-order valence-corrected chi connectivity index (χ0v) is 10.5. The van der Waals surface area contributed by atoms with Crippen molar-refractivity contribution in [3.63, 3.8) is 0 Å². The molecule has 1 atom stereocenters. The molecule has 1 unspecified atom stereocenters. The second kappa shape index (κ2) is 4.36. The van der Waals surface area contributed by atoms with Crippen molar-refractivity contribution in [2.24, 2.45) is 23.7 Å². The van der Waals surface area contributed by atoms with Crippen LogP contribution < -0.4 is 0 Å². The zero-order valence-electron chi connectivity index (χ0n) is 10.5. The number of hydrogen-bond donors (Lipinski definition) is 1. The molecule has 0 spiro atoms. The smallest absolute Gasteiger partial charge is 0.306 e. The minimum absolute atomic E-state index is 0.169. The fourth-order valence-electron chi connectivity index (χ4n) is 2.84. The molecule has 1 heterocycles. The second-order valence-electron chi connectivity index (χ2n) is 5.97. The average Bonchev–Trinajstić information content (AvgIpc) is 2.04. The highest BCUT2D eigenvalue weighted by atomic mass is 16.4. The van der Waals surface area contributed by atoms with Crippen molar-refractivity contribution in [3.8, 4) is 0 Å². The van der Waals surface area contributed by atoms with E-state index in [1.165, 1.54) is 12.8 Å². The lowest BCUT2D eigenvalue weighted by molar-refractivity contribution is -0.147. The highest BCUT2D eigenvalue weighted by Crippen LogP contribution is 2.40. The molecule has 0 radical (unpaired) electrons. The van der Waals surface area contributed by atoms with Crippen LogP contribution in [0.2, 0.25) is 0 Å². The first-order valence-electron chi connectivity index (χ1n) is 6.46. The van der Waals surface area contributed by atoms with Crippen molar-refractivity contribution < 1.29 is 9.90 Å². The van der Waals surface area contributed by atoms with Gasteiger partial charge in [0.2, 0.25) is 0 Å². The molecule has 3 nitrogen and oxygen atoms in total. The Bertz CT molecular complexity index is 265. The first-order chi connectivity index (χ1) is 7.49. The molecule has 1 aliphatic carbocycles. The molecule has 1 saturated heterocycles. The molecule has 2 fully saturated rings. The Morgan fingerprint density at radius 3 is 2.19 bits per heavy atom. The first kappa shape index (κ1) is 11.9. The Hall–Kier alpha value is -0.570. The van der Waals surface area contributed by atoms with Gasteiger partial charge >= 0.3 is 5.97 Å². The minimum atomic E-state index is -0.640. The molecule has 1 saturated carbocycles. The van der Waals surface area contributed by atoms with Crippen LogP contribution in [0.5, 0.6) is 0 Å². The number of hydrogen-bond acceptors (Lipinski definition) is 2. The van der Waals surface area contributed by atoms with Gasteiger partial charge in [-0.1, -0.05) is 20.8 Å². The molecule has 0 aromatic heterocycles. The van der Waals surface area contributed by atoms with E-state index in [-0.39, 0.29) is 5.92 Å². The van der Waals surface area contributed by atoms with Crippen molar-refractivity contribution >= 4 is 5.97 Å². The van der Waals surface area contributed by atoms with Gasteiger partial charge in [0.05, 0.1) is 5.92 Å². The van der Waals surface area contributed by atoms with Crippen LogP contribution in [-0.2, 0) is 4.79 Å². The molecular formula is C13H23NO2. The summed E-state index contributed by atoms with van der Waals surface area (Å²) in [5.41, 5.74) is 0. The van der Waals surface area contributed by atoms with Gasteiger partial charge in [-0.2, -0.15) is 0 Å². The van der Waals surface area contributed by atoms with E-state index in [4.69, 9.17) is 5.11 Å². The maximum atomic E-state index is 10.8. The number of rotatable bonds is 4. The number of carbonyl (C=O) groups is 1. The summed E-state index contributed by atoms with van der Waals surface area (Å²) >= 11 is 0. The van der Waals surface area contributed by atoms with Gasteiger partial charge in [0.15, 0.2) is 0 Å². The van der Waals surface area contributed by atoms with Crippen LogP contribution in [0.1, 0.15) is 33.6 Å². The van der Waals surface area contributed by atoms with E-state index in [9.17, 15) is 4.79 Å². The number of aliphatic carboxylic acids is 1. The van der Waals surface area contributed by atoms with Crippen molar-refractivity contribution in [1.29, 1.82) is 0 Å². The third kappa shape index (κ3) is 2.10. The summed E-state index contributed by atoms with van der Waals surface area (Å²) < 4.78 is 0. The normalized spacial score (nSPS) is 33.2. The largest absolute Gasteiger partial charge is 0.481 e. The van der Waals surface area contributed by atoms with E-state index in [1.807, 2.05) is 6.92 Å². The first-order valence-corrected chi connectivity index (χ1v) is 6.46. The van der Waals surface area contributed by atoms with Crippen LogP contribution in [0.15, 0.2) is 0 Å². The van der Waals surface area contributed by atoms with Gasteiger partial charge in [-0.15, -0.1) is 0 Å². The summed E-state index contributed by atoms with van der Waals surface area (Å²) in [6.07, 6.45) is 2.65. The molecule has 92 valence electrons. The quantitative estimate of drug-likeness (QED) is 0.796. The van der Waals surface area contributed by atoms with Crippen LogP contribution in [0.3, 0.4) is 0 Å². The van der Waals surface area contributed by atoms with Crippen molar-refractivity contribution in [3.05, 3.63) is 0 Å². The molecule has 2 aliphatic rings. The number of carboxylic acids is 1. The Kier molecular flexibility index (Phi) is 3.24. The van der Waals surface area contributed by atoms with Crippen molar-refractivity contribution in [2.75, 3.05) is 13.1 Å². The van der Waals surface area contributed by atoms with Crippen LogP contribution in [0.4, 0.5) is 0 Å². The molecule has 1 N–H and O–H groups in total. The monoisotopic (exact) mass is 225 g/mol. The van der Waals surface area contributed by atoms with E-state index >= 15 is 0 Å². The summed E-state index contributed by atoms with van der Waals surface area (Å²) in [4.78, 5) is 13.3. The topological polar surface area (TPSA) is 40.5 Å². The summed E-state index contributed by atoms with van der Waals surface area (Å²) in [7, 11) is 0. The maximum Gasteiger partial charge on any atom is 0.306 e. The number of likely N-dealkylation sites (tertiary alicyclic amines) is 1. The fourth-order valence-corrected chi connectivity index (χ4v) is 2.84. The summed E-state index contributed by atoms with van der Waals surface area (Å²) in [5.74, 6) is 1.29. The SMILES string of the molecule is CC(C)C1CC(N2CC(C(C)C(=O)O)C2)C1. The van der Waals surface area contributed by atoms with Crippen molar-refractivity contribution in [1.82, 2.24) is 4.90 Å². The number of nitrogens with zero attached hydrogens (tertiary/aromatic N) is 1. The summed E-state index contributed by atoms with van der Waals surface area (Å²) in [6, 6.07) is 0.754. The van der Waals surface area contributed by atoms with Crippen LogP contribution in [0, 0.1) is 23.7 Å². The van der Waals surface area contributed by atoms with E-state index in [0.717, 1.165) is 31.0 Å². The predicted octanol–water partition coefficient (Wildman–Crippen LogP) is 2.07. The van der Waals surface area contributed by atoms with Crippen molar-refractivity contribution in [2.45, 2.75) is 39.7 Å². The van der Waals surface area contributed by atoms with E-state index < -0.39 is 5.97 Å². The maximum absolute atomic E-state index is 10.8. The lowest BCUT2D eigenvalue weighted by Crippen LogP contribution is -2.59. The van der Waals surface area contributed by atoms with Crippen LogP contribution >= 0.6 is 0 Å². The highest BCUT2D eigenvalue weighted by Gasteiger charge is 2.43. The Morgan fingerprint density at radius 2 is 1.75 bits per heavy atom.